The summed E-state index contributed by atoms with van der Waals surface area (Å²) in [6.07, 6.45) is 0. The van der Waals surface area contributed by atoms with Gasteiger partial charge in [-0.1, -0.05) is 35.3 Å². The molecule has 0 amide bonds. The van der Waals surface area contributed by atoms with Gasteiger partial charge in [-0.3, -0.25) is 0 Å². The maximum atomic E-state index is 5.84. The fraction of sp³-hybridized carbons (Fsp3) is 0.0833. The SMILES string of the molecule is Clc1cccc(OCc2cccc(Cl)n2)c1. The Bertz CT molecular complexity index is 442. The molecule has 4 heteroatoms. The van der Waals surface area contributed by atoms with E-state index in [1.165, 1.54) is 0 Å². The predicted octanol–water partition coefficient (Wildman–Crippen LogP) is 3.97. The summed E-state index contributed by atoms with van der Waals surface area (Å²) in [6, 6.07) is 12.7. The average Bonchev–Trinajstić information content (AvgIpc) is 2.27. The van der Waals surface area contributed by atoms with Crippen LogP contribution >= 0.6 is 23.2 Å². The van der Waals surface area contributed by atoms with Crippen LogP contribution in [0.1, 0.15) is 5.69 Å². The second-order valence-electron chi connectivity index (χ2n) is 3.20. The number of benzene rings is 1. The molecule has 0 saturated heterocycles. The second-order valence-corrected chi connectivity index (χ2v) is 4.02. The smallest absolute Gasteiger partial charge is 0.130 e. The quantitative estimate of drug-likeness (QED) is 0.773. The zero-order valence-corrected chi connectivity index (χ0v) is 9.87. The molecule has 1 aromatic heterocycles. The van der Waals surface area contributed by atoms with E-state index in [4.69, 9.17) is 27.9 Å². The highest BCUT2D eigenvalue weighted by atomic mass is 35.5. The highest BCUT2D eigenvalue weighted by molar-refractivity contribution is 6.30. The number of rotatable bonds is 3. The summed E-state index contributed by atoms with van der Waals surface area (Å²) in [6.45, 7) is 0.376. The largest absolute Gasteiger partial charge is 0.487 e. The van der Waals surface area contributed by atoms with Crippen molar-refractivity contribution in [3.05, 3.63) is 58.3 Å². The van der Waals surface area contributed by atoms with Gasteiger partial charge in [-0.2, -0.15) is 0 Å². The van der Waals surface area contributed by atoms with Crippen molar-refractivity contribution >= 4 is 23.2 Å². The van der Waals surface area contributed by atoms with E-state index in [1.807, 2.05) is 24.3 Å². The fourth-order valence-electron chi connectivity index (χ4n) is 1.24. The predicted molar refractivity (Wildman–Crippen MR) is 65.0 cm³/mol. The molecule has 82 valence electrons. The molecule has 2 rings (SSSR count). The summed E-state index contributed by atoms with van der Waals surface area (Å²) in [5, 5.41) is 1.11. The van der Waals surface area contributed by atoms with E-state index >= 15 is 0 Å². The third-order valence-electron chi connectivity index (χ3n) is 1.96. The third kappa shape index (κ3) is 3.12. The number of aromatic nitrogens is 1. The molecule has 16 heavy (non-hydrogen) atoms. The van der Waals surface area contributed by atoms with Gasteiger partial charge in [-0.25, -0.2) is 4.98 Å². The summed E-state index contributed by atoms with van der Waals surface area (Å²) in [7, 11) is 0. The second kappa shape index (κ2) is 5.19. The van der Waals surface area contributed by atoms with Crippen LogP contribution in [0.3, 0.4) is 0 Å². The Balaban J connectivity index is 2.02. The highest BCUT2D eigenvalue weighted by Gasteiger charge is 1.98. The lowest BCUT2D eigenvalue weighted by Crippen LogP contribution is -1.97. The first kappa shape index (κ1) is 11.2. The van der Waals surface area contributed by atoms with Gasteiger partial charge < -0.3 is 4.74 Å². The molecular formula is C12H9Cl2NO. The summed E-state index contributed by atoms with van der Waals surface area (Å²) in [4.78, 5) is 4.12. The van der Waals surface area contributed by atoms with E-state index in [1.54, 1.807) is 18.2 Å². The molecule has 2 aromatic rings. The number of hydrogen-bond acceptors (Lipinski definition) is 2. The lowest BCUT2D eigenvalue weighted by atomic mass is 10.3. The molecule has 0 radical (unpaired) electrons. The Morgan fingerprint density at radius 3 is 2.62 bits per heavy atom. The zero-order chi connectivity index (χ0) is 11.4. The van der Waals surface area contributed by atoms with Gasteiger partial charge in [0.25, 0.3) is 0 Å². The van der Waals surface area contributed by atoms with E-state index < -0.39 is 0 Å². The molecule has 0 aliphatic heterocycles. The van der Waals surface area contributed by atoms with Crippen molar-refractivity contribution in [3.8, 4) is 5.75 Å². The molecule has 0 aliphatic rings. The topological polar surface area (TPSA) is 22.1 Å². The van der Waals surface area contributed by atoms with Gasteiger partial charge in [0.15, 0.2) is 0 Å². The van der Waals surface area contributed by atoms with Gasteiger partial charge in [-0.15, -0.1) is 0 Å². The normalized spacial score (nSPS) is 10.1. The summed E-state index contributed by atoms with van der Waals surface area (Å²) >= 11 is 11.6. The van der Waals surface area contributed by atoms with E-state index in [0.29, 0.717) is 22.5 Å². The van der Waals surface area contributed by atoms with Crippen LogP contribution in [0, 0.1) is 0 Å². The molecule has 0 N–H and O–H groups in total. The minimum Gasteiger partial charge on any atom is -0.487 e. The Kier molecular flexibility index (Phi) is 3.65. The Morgan fingerprint density at radius 2 is 1.88 bits per heavy atom. The Labute approximate surface area is 104 Å². The fourth-order valence-corrected chi connectivity index (χ4v) is 1.61. The highest BCUT2D eigenvalue weighted by Crippen LogP contribution is 2.18. The first-order valence-corrected chi connectivity index (χ1v) is 5.49. The monoisotopic (exact) mass is 253 g/mol. The van der Waals surface area contributed by atoms with Crippen molar-refractivity contribution < 1.29 is 4.74 Å². The van der Waals surface area contributed by atoms with Crippen LogP contribution in [0.15, 0.2) is 42.5 Å². The molecular weight excluding hydrogens is 245 g/mol. The molecule has 0 bridgehead atoms. The Morgan fingerprint density at radius 1 is 1.06 bits per heavy atom. The molecule has 0 fully saturated rings. The first-order valence-electron chi connectivity index (χ1n) is 4.74. The summed E-state index contributed by atoms with van der Waals surface area (Å²) in [5.74, 6) is 0.717. The lowest BCUT2D eigenvalue weighted by Gasteiger charge is -2.05. The summed E-state index contributed by atoms with van der Waals surface area (Å²) < 4.78 is 5.52. The van der Waals surface area contributed by atoms with Crippen molar-refractivity contribution in [2.45, 2.75) is 6.61 Å². The molecule has 2 nitrogen and oxygen atoms in total. The van der Waals surface area contributed by atoms with Gasteiger partial charge in [-0.05, 0) is 30.3 Å². The summed E-state index contributed by atoms with van der Waals surface area (Å²) in [5.41, 5.74) is 0.785. The molecule has 0 aliphatic carbocycles. The molecule has 0 atom stereocenters. The van der Waals surface area contributed by atoms with Crippen molar-refractivity contribution in [3.63, 3.8) is 0 Å². The number of halogens is 2. The van der Waals surface area contributed by atoms with Gasteiger partial charge in [0.05, 0.1) is 5.69 Å². The third-order valence-corrected chi connectivity index (χ3v) is 2.40. The number of ether oxygens (including phenoxy) is 1. The minimum absolute atomic E-state index is 0.376. The zero-order valence-electron chi connectivity index (χ0n) is 8.36. The van der Waals surface area contributed by atoms with Crippen LogP contribution in [0.2, 0.25) is 10.2 Å². The van der Waals surface area contributed by atoms with Crippen LogP contribution in [-0.4, -0.2) is 4.98 Å². The van der Waals surface area contributed by atoms with Crippen LogP contribution in [-0.2, 0) is 6.61 Å². The first-order chi connectivity index (χ1) is 7.74. The van der Waals surface area contributed by atoms with Crippen LogP contribution < -0.4 is 4.74 Å². The molecule has 1 heterocycles. The van der Waals surface area contributed by atoms with Gasteiger partial charge >= 0.3 is 0 Å². The van der Waals surface area contributed by atoms with Gasteiger partial charge in [0, 0.05) is 5.02 Å². The van der Waals surface area contributed by atoms with Crippen LogP contribution in [0.25, 0.3) is 0 Å². The maximum Gasteiger partial charge on any atom is 0.130 e. The minimum atomic E-state index is 0.376. The van der Waals surface area contributed by atoms with Gasteiger partial charge in [0.2, 0.25) is 0 Å². The van der Waals surface area contributed by atoms with E-state index in [0.717, 1.165) is 5.69 Å². The lowest BCUT2D eigenvalue weighted by molar-refractivity contribution is 0.301. The molecule has 0 spiro atoms. The van der Waals surface area contributed by atoms with Crippen LogP contribution in [0.4, 0.5) is 0 Å². The van der Waals surface area contributed by atoms with Crippen molar-refractivity contribution in [1.29, 1.82) is 0 Å². The number of nitrogens with zero attached hydrogens (tertiary/aromatic N) is 1. The van der Waals surface area contributed by atoms with E-state index in [9.17, 15) is 0 Å². The standard InChI is InChI=1S/C12H9Cl2NO/c13-9-3-1-5-11(7-9)16-8-10-4-2-6-12(14)15-10/h1-7H,8H2. The Hall–Kier alpha value is -1.25. The number of pyridine rings is 1. The van der Waals surface area contributed by atoms with Crippen molar-refractivity contribution in [2.24, 2.45) is 0 Å². The maximum absolute atomic E-state index is 5.84. The average molecular weight is 254 g/mol. The molecule has 1 aromatic carbocycles. The van der Waals surface area contributed by atoms with Gasteiger partial charge in [0.1, 0.15) is 17.5 Å². The van der Waals surface area contributed by atoms with Crippen LogP contribution in [0.5, 0.6) is 5.75 Å². The van der Waals surface area contributed by atoms with Crippen molar-refractivity contribution in [1.82, 2.24) is 4.98 Å². The number of hydrogen-bond donors (Lipinski definition) is 0. The van der Waals surface area contributed by atoms with E-state index in [-0.39, 0.29) is 0 Å². The van der Waals surface area contributed by atoms with E-state index in [2.05, 4.69) is 4.98 Å². The molecule has 0 saturated carbocycles. The molecule has 0 unspecified atom stereocenters. The van der Waals surface area contributed by atoms with Crippen molar-refractivity contribution in [2.75, 3.05) is 0 Å².